The predicted molar refractivity (Wildman–Crippen MR) is 275 cm³/mol. The molecule has 0 aliphatic rings. The molecule has 0 radical (unpaired) electrons. The molecule has 0 amide bonds. The van der Waals surface area contributed by atoms with Crippen LogP contribution in [0.3, 0.4) is 0 Å². The topological polar surface area (TPSA) is 239 Å². The van der Waals surface area contributed by atoms with Gasteiger partial charge in [0.2, 0.25) is 5.75 Å². The molecular formula is C54H59NNaO16P. The number of hydrogen-bond donors (Lipinski definition) is 5. The third-order valence-electron chi connectivity index (χ3n) is 10.9. The van der Waals surface area contributed by atoms with E-state index in [1.807, 2.05) is 42.5 Å². The molecule has 1 atom stereocenters. The van der Waals surface area contributed by atoms with Gasteiger partial charge in [0.05, 0.1) is 89.0 Å². The molecule has 0 spiro atoms. The van der Waals surface area contributed by atoms with Crippen LogP contribution in [-0.2, 0) is 31.0 Å². The summed E-state index contributed by atoms with van der Waals surface area (Å²) < 4.78 is 66.7. The zero-order chi connectivity index (χ0) is 52.4. The molecule has 0 aliphatic heterocycles. The van der Waals surface area contributed by atoms with Gasteiger partial charge in [0.1, 0.15) is 17.2 Å². The van der Waals surface area contributed by atoms with E-state index < -0.39 is 7.82 Å². The minimum absolute atomic E-state index is 0. The summed E-state index contributed by atoms with van der Waals surface area (Å²) in [7, 11) is 6.87. The number of methoxy groups -OCH3 is 8. The van der Waals surface area contributed by atoms with Gasteiger partial charge in [0.15, 0.2) is 34.5 Å². The number of nitrogens with two attached hydrogens (primary N) is 1. The molecule has 19 heteroatoms. The summed E-state index contributed by atoms with van der Waals surface area (Å²) in [5.41, 5.74) is 13.1. The molecule has 1 unspecified atom stereocenters. The van der Waals surface area contributed by atoms with Gasteiger partial charge in [-0.1, -0.05) is 54.7 Å². The average Bonchev–Trinajstić information content (AvgIpc) is 3.40. The van der Waals surface area contributed by atoms with E-state index >= 15 is 0 Å². The number of anilines is 1. The Bertz CT molecular complexity index is 2730. The largest absolute Gasteiger partial charge is 1.00 e. The molecule has 17 nitrogen and oxygen atoms in total. The third kappa shape index (κ3) is 15.7. The molecule has 73 heavy (non-hydrogen) atoms. The van der Waals surface area contributed by atoms with Crippen LogP contribution in [0.25, 0.3) is 36.5 Å². The molecule has 6 aromatic rings. The standard InChI is InChI=1S/C36H39O12P.C18H21NO4.Na/c1-41-29-13-11-23(7-9-25-15-27(21-37)28(22-38)31(18-25)43-3)16-32(29)47-49(39,40)48-33-17-24(12-14-30(33)42-2)8-10-26-19-34(44-4)36(46-6)35(20-26)45-5;1-22-17-6-5-12(8-16(17)19)3-4-13-7-14(10-20)15(11-21)18(9-13)23-2;/h7-20,37-38H,21-22H2,1-6H3,(H,39,40);3-9,20-21H,10-11,19H2,1-2H3;/q;;+1/p-1/b9-7-,10-8-;4-3-;. The number of ether oxygens (including phenoxy) is 8. The number of nitrogen functional groups attached to an aromatic ring is 1. The van der Waals surface area contributed by atoms with Crippen molar-refractivity contribution in [3.05, 3.63) is 147 Å². The number of aliphatic hydroxyl groups is 4. The molecule has 382 valence electrons. The van der Waals surface area contributed by atoms with Gasteiger partial charge in [-0.3, -0.25) is 0 Å². The van der Waals surface area contributed by atoms with Crippen LogP contribution in [-0.4, -0.2) is 77.3 Å². The Balaban J connectivity index is 0.000000402. The van der Waals surface area contributed by atoms with Crippen LogP contribution >= 0.6 is 7.82 Å². The number of benzene rings is 6. The molecule has 0 fully saturated rings. The van der Waals surface area contributed by atoms with Crippen LogP contribution in [0.15, 0.2) is 91.0 Å². The van der Waals surface area contributed by atoms with Crippen molar-refractivity contribution in [2.45, 2.75) is 26.4 Å². The Morgan fingerprint density at radius 3 is 1.05 bits per heavy atom. The van der Waals surface area contributed by atoms with Crippen LogP contribution in [0.4, 0.5) is 5.69 Å². The second-order valence-corrected chi connectivity index (χ2v) is 16.5. The first-order valence-corrected chi connectivity index (χ1v) is 23.4. The molecule has 0 heterocycles. The van der Waals surface area contributed by atoms with E-state index in [1.54, 1.807) is 79.9 Å². The molecule has 0 bridgehead atoms. The molecule has 0 saturated heterocycles. The number of rotatable bonds is 22. The van der Waals surface area contributed by atoms with Crippen LogP contribution in [0, 0.1) is 0 Å². The zero-order valence-corrected chi connectivity index (χ0v) is 45.1. The number of hydrogen-bond acceptors (Lipinski definition) is 17. The van der Waals surface area contributed by atoms with Crippen molar-refractivity contribution < 1.29 is 106 Å². The number of phosphoric acid groups is 1. The van der Waals surface area contributed by atoms with E-state index in [1.165, 1.54) is 61.9 Å². The summed E-state index contributed by atoms with van der Waals surface area (Å²) in [4.78, 5) is 13.2. The molecule has 6 rings (SSSR count). The minimum atomic E-state index is -5.04. The Morgan fingerprint density at radius 2 is 0.726 bits per heavy atom. The molecule has 0 aromatic heterocycles. The fourth-order valence-corrected chi connectivity index (χ4v) is 8.08. The Hall–Kier alpha value is -6.63. The third-order valence-corrected chi connectivity index (χ3v) is 11.7. The Labute approximate surface area is 447 Å². The Morgan fingerprint density at radius 1 is 0.411 bits per heavy atom. The summed E-state index contributed by atoms with van der Waals surface area (Å²) >= 11 is 0. The van der Waals surface area contributed by atoms with Gasteiger partial charge in [0.25, 0.3) is 0 Å². The van der Waals surface area contributed by atoms with E-state index in [4.69, 9.17) is 52.7 Å². The van der Waals surface area contributed by atoms with E-state index in [9.17, 15) is 29.9 Å². The van der Waals surface area contributed by atoms with Crippen LogP contribution in [0.5, 0.6) is 57.5 Å². The van der Waals surface area contributed by atoms with Crippen molar-refractivity contribution in [1.29, 1.82) is 0 Å². The molecule has 0 aliphatic carbocycles. The van der Waals surface area contributed by atoms with E-state index in [0.717, 1.165) is 16.7 Å². The van der Waals surface area contributed by atoms with Gasteiger partial charge in [-0.05, 0) is 117 Å². The second kappa shape index (κ2) is 28.6. The van der Waals surface area contributed by atoms with Crippen molar-refractivity contribution in [1.82, 2.24) is 0 Å². The quantitative estimate of drug-likeness (QED) is 0.0246. The van der Waals surface area contributed by atoms with Gasteiger partial charge in [-0.15, -0.1) is 0 Å². The van der Waals surface area contributed by atoms with Crippen LogP contribution in [0.1, 0.15) is 55.6 Å². The van der Waals surface area contributed by atoms with Gasteiger partial charge < -0.3 is 78.0 Å². The molecule has 6 aromatic carbocycles. The summed E-state index contributed by atoms with van der Waals surface area (Å²) in [5.74, 6) is 3.14. The van der Waals surface area contributed by atoms with Crippen molar-refractivity contribution in [2.24, 2.45) is 0 Å². The fraction of sp³-hybridized carbons (Fsp3) is 0.222. The maximum absolute atomic E-state index is 13.2. The van der Waals surface area contributed by atoms with Crippen molar-refractivity contribution in [3.8, 4) is 57.5 Å². The maximum atomic E-state index is 13.2. The number of phosphoric ester groups is 1. The van der Waals surface area contributed by atoms with E-state index in [-0.39, 0.29) is 79.0 Å². The zero-order valence-electron chi connectivity index (χ0n) is 42.2. The fourth-order valence-electron chi connectivity index (χ4n) is 7.28. The monoisotopic (exact) mass is 1030 g/mol. The van der Waals surface area contributed by atoms with Gasteiger partial charge in [-0.2, -0.15) is 0 Å². The average molecular weight is 1030 g/mol. The van der Waals surface area contributed by atoms with Gasteiger partial charge in [0, 0.05) is 11.1 Å². The molecule has 6 N–H and O–H groups in total. The summed E-state index contributed by atoms with van der Waals surface area (Å²) in [6.07, 6.45) is 10.8. The maximum Gasteiger partial charge on any atom is 1.00 e. The van der Waals surface area contributed by atoms with Crippen LogP contribution in [0.2, 0.25) is 0 Å². The second-order valence-electron chi connectivity index (χ2n) is 15.3. The number of aliphatic hydroxyl groups excluding tert-OH is 4. The SMILES string of the molecule is COc1ccc(/C=C\c2cc(CO)c(CO)c(OC)c2)cc1N.COc1ccc(/C=C\c2cc(CO)c(CO)c(OC)c2)cc1OP(=O)([O-])Oc1cc(/C=C\c2cc(OC)c(OC)c(OC)c2)ccc1OC.[Na+]. The summed E-state index contributed by atoms with van der Waals surface area (Å²) in [5, 5.41) is 38.3. The predicted octanol–water partition coefficient (Wildman–Crippen LogP) is 5.43. The first kappa shape index (κ1) is 58.9. The normalized spacial score (nSPS) is 11.8. The first-order valence-electron chi connectivity index (χ1n) is 21.9. The van der Waals surface area contributed by atoms with E-state index in [2.05, 4.69) is 0 Å². The van der Waals surface area contributed by atoms with Gasteiger partial charge in [-0.25, -0.2) is 4.57 Å². The first-order chi connectivity index (χ1) is 34.7. The molecule has 0 saturated carbocycles. The van der Waals surface area contributed by atoms with Crippen molar-refractivity contribution >= 4 is 50.0 Å². The van der Waals surface area contributed by atoms with Crippen LogP contribution < -0.4 is 87.1 Å². The summed E-state index contributed by atoms with van der Waals surface area (Å²) in [6, 6.07) is 25.7. The Kier molecular flexibility index (Phi) is 23.1. The summed E-state index contributed by atoms with van der Waals surface area (Å²) in [6.45, 7) is -0.923. The molecular weight excluding hydrogens is 973 g/mol. The van der Waals surface area contributed by atoms with Crippen molar-refractivity contribution in [3.63, 3.8) is 0 Å². The van der Waals surface area contributed by atoms with Gasteiger partial charge >= 0.3 is 37.4 Å². The smallest absolute Gasteiger partial charge is 0.736 e. The van der Waals surface area contributed by atoms with Crippen molar-refractivity contribution in [2.75, 3.05) is 62.6 Å². The minimum Gasteiger partial charge on any atom is -0.736 e. The van der Waals surface area contributed by atoms with E-state index in [0.29, 0.717) is 79.1 Å².